The van der Waals surface area contributed by atoms with Crippen LogP contribution >= 0.6 is 11.3 Å². The Morgan fingerprint density at radius 3 is 2.45 bits per heavy atom. The lowest BCUT2D eigenvalue weighted by atomic mass is 10.2. The number of pyridine rings is 1. The Balaban J connectivity index is 1.74. The zero-order chi connectivity index (χ0) is 20.2. The van der Waals surface area contributed by atoms with E-state index in [4.69, 9.17) is 9.47 Å². The van der Waals surface area contributed by atoms with Crippen molar-refractivity contribution in [3.8, 4) is 11.5 Å². The fraction of sp³-hybridized carbons (Fsp3) is 0.136. The van der Waals surface area contributed by atoms with Gasteiger partial charge >= 0.3 is 0 Å². The molecule has 0 unspecified atom stereocenters. The Hall–Kier alpha value is -3.45. The van der Waals surface area contributed by atoms with Crippen molar-refractivity contribution in [3.63, 3.8) is 0 Å². The van der Waals surface area contributed by atoms with Gasteiger partial charge < -0.3 is 9.47 Å². The Morgan fingerprint density at radius 1 is 1.00 bits per heavy atom. The molecule has 2 heterocycles. The molecule has 0 saturated heterocycles. The minimum atomic E-state index is -0.149. The van der Waals surface area contributed by atoms with Crippen LogP contribution in [0.15, 0.2) is 66.9 Å². The molecule has 0 aliphatic carbocycles. The van der Waals surface area contributed by atoms with Gasteiger partial charge in [-0.15, -0.1) is 0 Å². The van der Waals surface area contributed by atoms with Crippen LogP contribution in [0.4, 0.5) is 5.13 Å². The number of amides is 1. The van der Waals surface area contributed by atoms with Crippen molar-refractivity contribution < 1.29 is 14.3 Å². The van der Waals surface area contributed by atoms with E-state index in [2.05, 4.69) is 9.97 Å². The molecule has 0 bridgehead atoms. The maximum atomic E-state index is 13.3. The average molecular weight is 405 g/mol. The van der Waals surface area contributed by atoms with E-state index in [9.17, 15) is 4.79 Å². The highest BCUT2D eigenvalue weighted by Crippen LogP contribution is 2.32. The molecule has 0 saturated carbocycles. The van der Waals surface area contributed by atoms with Gasteiger partial charge in [0.2, 0.25) is 0 Å². The zero-order valence-corrected chi connectivity index (χ0v) is 16.8. The first-order valence-corrected chi connectivity index (χ1v) is 9.80. The summed E-state index contributed by atoms with van der Waals surface area (Å²) < 4.78 is 11.5. The van der Waals surface area contributed by atoms with Crippen LogP contribution < -0.4 is 14.4 Å². The first kappa shape index (κ1) is 18.9. The fourth-order valence-electron chi connectivity index (χ4n) is 2.91. The van der Waals surface area contributed by atoms with Crippen molar-refractivity contribution in [1.29, 1.82) is 0 Å². The Labute approximate surface area is 172 Å². The summed E-state index contributed by atoms with van der Waals surface area (Å²) >= 11 is 1.46. The van der Waals surface area contributed by atoms with Crippen LogP contribution in [-0.4, -0.2) is 30.1 Å². The van der Waals surface area contributed by atoms with Gasteiger partial charge in [-0.2, -0.15) is 0 Å². The lowest BCUT2D eigenvalue weighted by Crippen LogP contribution is -2.30. The molecule has 0 fully saturated rings. The third kappa shape index (κ3) is 4.05. The predicted octanol–water partition coefficient (Wildman–Crippen LogP) is 4.56. The lowest BCUT2D eigenvalue weighted by Gasteiger charge is -2.19. The van der Waals surface area contributed by atoms with Crippen molar-refractivity contribution in [2.45, 2.75) is 6.54 Å². The molecule has 29 heavy (non-hydrogen) atoms. The third-order valence-electron chi connectivity index (χ3n) is 4.44. The number of rotatable bonds is 6. The molecule has 0 radical (unpaired) electrons. The van der Waals surface area contributed by atoms with E-state index in [-0.39, 0.29) is 5.91 Å². The number of aromatic nitrogens is 2. The maximum absolute atomic E-state index is 13.3. The van der Waals surface area contributed by atoms with Crippen LogP contribution in [0.1, 0.15) is 16.1 Å². The highest BCUT2D eigenvalue weighted by Gasteiger charge is 2.22. The van der Waals surface area contributed by atoms with Gasteiger partial charge in [0.05, 0.1) is 36.7 Å². The second-order valence-corrected chi connectivity index (χ2v) is 7.28. The molecule has 6 nitrogen and oxygen atoms in total. The van der Waals surface area contributed by atoms with Crippen molar-refractivity contribution in [2.75, 3.05) is 19.1 Å². The van der Waals surface area contributed by atoms with Crippen LogP contribution in [0, 0.1) is 0 Å². The molecule has 7 heteroatoms. The summed E-state index contributed by atoms with van der Waals surface area (Å²) in [6.07, 6.45) is 1.72. The molecule has 2 aromatic heterocycles. The lowest BCUT2D eigenvalue weighted by molar-refractivity contribution is 0.0985. The van der Waals surface area contributed by atoms with Gasteiger partial charge in [0.15, 0.2) is 5.13 Å². The number of fused-ring (bicyclic) bond motifs is 1. The number of anilines is 1. The number of thiazole rings is 1. The molecule has 0 spiro atoms. The first-order chi connectivity index (χ1) is 14.2. The van der Waals surface area contributed by atoms with Gasteiger partial charge in [-0.1, -0.05) is 17.4 Å². The quantitative estimate of drug-likeness (QED) is 0.471. The second kappa shape index (κ2) is 8.28. The van der Waals surface area contributed by atoms with Gasteiger partial charge in [-0.3, -0.25) is 14.7 Å². The number of hydrogen-bond donors (Lipinski definition) is 0. The molecule has 146 valence electrons. The van der Waals surface area contributed by atoms with E-state index in [1.807, 2.05) is 36.4 Å². The first-order valence-electron chi connectivity index (χ1n) is 8.98. The molecule has 2 aromatic carbocycles. The number of carbonyl (C=O) groups excluding carboxylic acids is 1. The van der Waals surface area contributed by atoms with Crippen molar-refractivity contribution >= 4 is 32.6 Å². The maximum Gasteiger partial charge on any atom is 0.260 e. The van der Waals surface area contributed by atoms with Gasteiger partial charge in [-0.05, 0) is 48.5 Å². The van der Waals surface area contributed by atoms with Crippen LogP contribution in [0.25, 0.3) is 10.2 Å². The van der Waals surface area contributed by atoms with Crippen molar-refractivity contribution in [3.05, 3.63) is 78.1 Å². The summed E-state index contributed by atoms with van der Waals surface area (Å²) in [5, 5.41) is 0.611. The Morgan fingerprint density at radius 2 is 1.76 bits per heavy atom. The molecular weight excluding hydrogens is 386 g/mol. The summed E-state index contributed by atoms with van der Waals surface area (Å²) in [5.74, 6) is 1.28. The topological polar surface area (TPSA) is 64.5 Å². The molecule has 0 aliphatic heterocycles. The average Bonchev–Trinajstić information content (AvgIpc) is 3.20. The zero-order valence-electron chi connectivity index (χ0n) is 16.0. The third-order valence-corrected chi connectivity index (χ3v) is 5.50. The molecular formula is C22H19N3O3S. The largest absolute Gasteiger partial charge is 0.497 e. The second-order valence-electron chi connectivity index (χ2n) is 6.27. The van der Waals surface area contributed by atoms with E-state index in [1.165, 1.54) is 11.3 Å². The highest BCUT2D eigenvalue weighted by molar-refractivity contribution is 7.22. The fourth-order valence-corrected chi connectivity index (χ4v) is 3.85. The molecule has 0 atom stereocenters. The summed E-state index contributed by atoms with van der Waals surface area (Å²) in [6, 6.07) is 18.4. The van der Waals surface area contributed by atoms with E-state index < -0.39 is 0 Å². The Bertz CT molecular complexity index is 1130. The normalized spacial score (nSPS) is 10.7. The van der Waals surface area contributed by atoms with Crippen molar-refractivity contribution in [2.24, 2.45) is 0 Å². The van der Waals surface area contributed by atoms with Crippen LogP contribution in [0.5, 0.6) is 11.5 Å². The van der Waals surface area contributed by atoms with Gasteiger partial charge in [0.25, 0.3) is 5.91 Å². The monoisotopic (exact) mass is 405 g/mol. The SMILES string of the molecule is COc1ccc(C(=O)N(Cc2ccccn2)c2nc3cc(OC)ccc3s2)cc1. The van der Waals surface area contributed by atoms with E-state index >= 15 is 0 Å². The minimum Gasteiger partial charge on any atom is -0.497 e. The Kier molecular flexibility index (Phi) is 5.39. The standard InChI is InChI=1S/C22H19N3O3S/c1-27-17-8-6-15(7-9-17)21(26)25(14-16-5-3-4-12-23-16)22-24-19-13-18(28-2)10-11-20(19)29-22/h3-13H,14H2,1-2H3. The molecule has 1 amide bonds. The molecule has 0 N–H and O–H groups in total. The number of nitrogens with zero attached hydrogens (tertiary/aromatic N) is 3. The van der Waals surface area contributed by atoms with Crippen molar-refractivity contribution in [1.82, 2.24) is 9.97 Å². The summed E-state index contributed by atoms with van der Waals surface area (Å²) in [5.41, 5.74) is 2.13. The molecule has 0 aliphatic rings. The predicted molar refractivity (Wildman–Crippen MR) is 114 cm³/mol. The molecule has 4 rings (SSSR count). The summed E-state index contributed by atoms with van der Waals surface area (Å²) in [7, 11) is 3.22. The number of hydrogen-bond acceptors (Lipinski definition) is 6. The van der Waals surface area contributed by atoms with E-state index in [0.29, 0.717) is 23.0 Å². The van der Waals surface area contributed by atoms with E-state index in [1.54, 1.807) is 49.6 Å². The van der Waals surface area contributed by atoms with Crippen LogP contribution in [0.2, 0.25) is 0 Å². The van der Waals surface area contributed by atoms with Gasteiger partial charge in [0, 0.05) is 17.8 Å². The van der Waals surface area contributed by atoms with Crippen LogP contribution in [-0.2, 0) is 6.54 Å². The summed E-state index contributed by atoms with van der Waals surface area (Å²) in [4.78, 5) is 24.1. The number of benzene rings is 2. The molecule has 4 aromatic rings. The highest BCUT2D eigenvalue weighted by atomic mass is 32.1. The van der Waals surface area contributed by atoms with Gasteiger partial charge in [-0.25, -0.2) is 4.98 Å². The number of ether oxygens (including phenoxy) is 2. The van der Waals surface area contributed by atoms with Gasteiger partial charge in [0.1, 0.15) is 11.5 Å². The van der Waals surface area contributed by atoms with Crippen LogP contribution in [0.3, 0.4) is 0 Å². The number of carbonyl (C=O) groups is 1. The smallest absolute Gasteiger partial charge is 0.260 e. The van der Waals surface area contributed by atoms with E-state index in [0.717, 1.165) is 21.7 Å². The minimum absolute atomic E-state index is 0.149. The number of methoxy groups -OCH3 is 2. The summed E-state index contributed by atoms with van der Waals surface area (Å²) in [6.45, 7) is 0.322.